The summed E-state index contributed by atoms with van der Waals surface area (Å²) in [6.07, 6.45) is -0.712. The maximum atomic E-state index is 12.2. The quantitative estimate of drug-likeness (QED) is 0.802. The number of benzene rings is 1. The van der Waals surface area contributed by atoms with Crippen LogP contribution in [0.25, 0.3) is 0 Å². The highest BCUT2D eigenvalue weighted by Gasteiger charge is 2.17. The summed E-state index contributed by atoms with van der Waals surface area (Å²) >= 11 is 0. The molecule has 1 heterocycles. The summed E-state index contributed by atoms with van der Waals surface area (Å²) in [5.74, 6) is 0.887. The molecule has 1 aromatic heterocycles. The molecule has 2 N–H and O–H groups in total. The Balaban J connectivity index is 1.99. The van der Waals surface area contributed by atoms with Crippen LogP contribution >= 0.6 is 0 Å². The molecule has 1 atom stereocenters. The molecule has 0 fully saturated rings. The lowest BCUT2D eigenvalue weighted by molar-refractivity contribution is -0.122. The van der Waals surface area contributed by atoms with Gasteiger partial charge in [-0.05, 0) is 31.9 Å². The van der Waals surface area contributed by atoms with Gasteiger partial charge in [0.25, 0.3) is 5.91 Å². The molecule has 0 radical (unpaired) electrons. The summed E-state index contributed by atoms with van der Waals surface area (Å²) in [6.45, 7) is 7.20. The number of ketones is 1. The third kappa shape index (κ3) is 4.42. The Hall–Kier alpha value is -2.63. The highest BCUT2D eigenvalue weighted by atomic mass is 16.5. The molecule has 2 aromatic rings. The molecule has 0 saturated carbocycles. The summed E-state index contributed by atoms with van der Waals surface area (Å²) in [7, 11) is 0. The van der Waals surface area contributed by atoms with Gasteiger partial charge in [-0.1, -0.05) is 26.0 Å². The fraction of sp³-hybridized carbons (Fsp3) is 0.353. The van der Waals surface area contributed by atoms with E-state index in [2.05, 4.69) is 15.5 Å². The monoisotopic (exact) mass is 315 g/mol. The minimum atomic E-state index is -0.712. The van der Waals surface area contributed by atoms with Gasteiger partial charge in [0, 0.05) is 17.3 Å². The minimum absolute atomic E-state index is 0.0507. The van der Waals surface area contributed by atoms with Crippen LogP contribution in [0.3, 0.4) is 0 Å². The molecular weight excluding hydrogens is 294 g/mol. The second-order valence-electron chi connectivity index (χ2n) is 5.70. The Bertz CT molecular complexity index is 707. The van der Waals surface area contributed by atoms with E-state index in [4.69, 9.17) is 4.74 Å². The number of rotatable bonds is 6. The number of hydrogen-bond acceptors (Lipinski definition) is 4. The predicted molar refractivity (Wildman–Crippen MR) is 87.8 cm³/mol. The summed E-state index contributed by atoms with van der Waals surface area (Å²) < 4.78 is 5.59. The second-order valence-corrected chi connectivity index (χ2v) is 5.70. The molecule has 0 bridgehead atoms. The molecule has 0 aliphatic carbocycles. The lowest BCUT2D eigenvalue weighted by atomic mass is 10.1. The van der Waals surface area contributed by atoms with Crippen molar-refractivity contribution >= 4 is 17.5 Å². The molecule has 0 aliphatic rings. The van der Waals surface area contributed by atoms with Gasteiger partial charge in [0.15, 0.2) is 17.7 Å². The van der Waals surface area contributed by atoms with Gasteiger partial charge in [0.2, 0.25) is 0 Å². The van der Waals surface area contributed by atoms with Crippen molar-refractivity contribution in [1.29, 1.82) is 0 Å². The number of aromatic nitrogens is 2. The number of nitrogens with zero attached hydrogens (tertiary/aromatic N) is 1. The number of carbonyl (C=O) groups excluding carboxylic acids is 2. The summed E-state index contributed by atoms with van der Waals surface area (Å²) in [5.41, 5.74) is 1.49. The number of nitrogens with one attached hydrogen (secondary N) is 2. The largest absolute Gasteiger partial charge is 0.481 e. The molecule has 122 valence electrons. The molecule has 6 heteroatoms. The maximum absolute atomic E-state index is 12.2. The first-order chi connectivity index (χ1) is 10.9. The lowest BCUT2D eigenvalue weighted by Crippen LogP contribution is -2.30. The van der Waals surface area contributed by atoms with Crippen LogP contribution in [0.2, 0.25) is 0 Å². The zero-order valence-electron chi connectivity index (χ0n) is 13.7. The van der Waals surface area contributed by atoms with E-state index in [9.17, 15) is 9.59 Å². The first-order valence-electron chi connectivity index (χ1n) is 7.50. The van der Waals surface area contributed by atoms with Crippen molar-refractivity contribution in [1.82, 2.24) is 10.2 Å². The number of Topliss-reactive ketones (excluding diaryl/α,β-unsaturated/α-hetero) is 1. The van der Waals surface area contributed by atoms with Crippen molar-refractivity contribution in [3.05, 3.63) is 41.6 Å². The molecule has 1 aromatic carbocycles. The molecule has 23 heavy (non-hydrogen) atoms. The van der Waals surface area contributed by atoms with Crippen LogP contribution in [0.15, 0.2) is 30.3 Å². The van der Waals surface area contributed by atoms with E-state index in [1.165, 1.54) is 6.92 Å². The van der Waals surface area contributed by atoms with Crippen molar-refractivity contribution in [2.45, 2.75) is 39.7 Å². The average molecular weight is 315 g/mol. The molecule has 1 amide bonds. The standard InChI is InChI=1S/C17H21N3O3/c1-10(2)15-9-16(20-19-15)18-17(22)12(4)23-14-7-5-6-13(8-14)11(3)21/h5-10,12H,1-4H3,(H2,18,19,20,22)/t12-/m1/s1. The van der Waals surface area contributed by atoms with Crippen LogP contribution in [0.1, 0.15) is 49.7 Å². The number of amides is 1. The van der Waals surface area contributed by atoms with E-state index in [1.54, 1.807) is 37.3 Å². The van der Waals surface area contributed by atoms with Gasteiger partial charge in [-0.15, -0.1) is 0 Å². The van der Waals surface area contributed by atoms with E-state index in [-0.39, 0.29) is 11.7 Å². The number of hydrogen-bond donors (Lipinski definition) is 2. The first kappa shape index (κ1) is 16.7. The fourth-order valence-corrected chi connectivity index (χ4v) is 1.97. The molecule has 0 spiro atoms. The van der Waals surface area contributed by atoms with Crippen LogP contribution in [0, 0.1) is 0 Å². The third-order valence-electron chi connectivity index (χ3n) is 3.39. The van der Waals surface area contributed by atoms with Gasteiger partial charge in [-0.2, -0.15) is 5.10 Å². The Morgan fingerprint density at radius 1 is 1.22 bits per heavy atom. The highest BCUT2D eigenvalue weighted by molar-refractivity contribution is 5.95. The molecule has 0 unspecified atom stereocenters. The SMILES string of the molecule is CC(=O)c1cccc(O[C@H](C)C(=O)Nc2cc(C(C)C)[nH]n2)c1. The Morgan fingerprint density at radius 2 is 1.96 bits per heavy atom. The van der Waals surface area contributed by atoms with Crippen molar-refractivity contribution in [3.63, 3.8) is 0 Å². The Labute approximate surface area is 135 Å². The van der Waals surface area contributed by atoms with Gasteiger partial charge >= 0.3 is 0 Å². The normalized spacial score (nSPS) is 12.0. The molecule has 0 saturated heterocycles. The summed E-state index contributed by atoms with van der Waals surface area (Å²) in [5, 5.41) is 9.62. The van der Waals surface area contributed by atoms with Gasteiger partial charge in [0.05, 0.1) is 0 Å². The number of aromatic amines is 1. The zero-order chi connectivity index (χ0) is 17.0. The molecule has 2 rings (SSSR count). The van der Waals surface area contributed by atoms with Crippen LogP contribution in [0.4, 0.5) is 5.82 Å². The smallest absolute Gasteiger partial charge is 0.266 e. The Kier molecular flexibility index (Phi) is 5.16. The van der Waals surface area contributed by atoms with Crippen LogP contribution < -0.4 is 10.1 Å². The Morgan fingerprint density at radius 3 is 2.57 bits per heavy atom. The van der Waals surface area contributed by atoms with E-state index in [0.29, 0.717) is 23.0 Å². The fourth-order valence-electron chi connectivity index (χ4n) is 1.97. The number of ether oxygens (including phenoxy) is 1. The minimum Gasteiger partial charge on any atom is -0.481 e. The van der Waals surface area contributed by atoms with Gasteiger partial charge in [-0.3, -0.25) is 14.7 Å². The van der Waals surface area contributed by atoms with Crippen molar-refractivity contribution in [2.75, 3.05) is 5.32 Å². The number of anilines is 1. The summed E-state index contributed by atoms with van der Waals surface area (Å²) in [4.78, 5) is 23.5. The van der Waals surface area contributed by atoms with Crippen molar-refractivity contribution in [2.24, 2.45) is 0 Å². The van der Waals surface area contributed by atoms with E-state index in [0.717, 1.165) is 5.69 Å². The van der Waals surface area contributed by atoms with Crippen LogP contribution in [-0.2, 0) is 4.79 Å². The number of carbonyl (C=O) groups is 2. The van der Waals surface area contributed by atoms with E-state index in [1.807, 2.05) is 13.8 Å². The van der Waals surface area contributed by atoms with Gasteiger partial charge in [-0.25, -0.2) is 0 Å². The average Bonchev–Trinajstić information content (AvgIpc) is 2.96. The third-order valence-corrected chi connectivity index (χ3v) is 3.39. The van der Waals surface area contributed by atoms with Crippen LogP contribution in [-0.4, -0.2) is 28.0 Å². The van der Waals surface area contributed by atoms with Crippen molar-refractivity contribution < 1.29 is 14.3 Å². The second kappa shape index (κ2) is 7.09. The molecule has 6 nitrogen and oxygen atoms in total. The first-order valence-corrected chi connectivity index (χ1v) is 7.50. The topological polar surface area (TPSA) is 84.1 Å². The van der Waals surface area contributed by atoms with E-state index >= 15 is 0 Å². The predicted octanol–water partition coefficient (Wildman–Crippen LogP) is 3.14. The highest BCUT2D eigenvalue weighted by Crippen LogP contribution is 2.17. The van der Waals surface area contributed by atoms with Gasteiger partial charge in [0.1, 0.15) is 5.75 Å². The van der Waals surface area contributed by atoms with E-state index < -0.39 is 6.10 Å². The maximum Gasteiger partial charge on any atom is 0.266 e. The van der Waals surface area contributed by atoms with Crippen molar-refractivity contribution in [3.8, 4) is 5.75 Å². The molecule has 0 aliphatic heterocycles. The zero-order valence-corrected chi connectivity index (χ0v) is 13.7. The molecular formula is C17H21N3O3. The lowest BCUT2D eigenvalue weighted by Gasteiger charge is -2.14. The van der Waals surface area contributed by atoms with Gasteiger partial charge < -0.3 is 10.1 Å². The number of H-pyrrole nitrogens is 1. The van der Waals surface area contributed by atoms with Crippen LogP contribution in [0.5, 0.6) is 5.75 Å². The summed E-state index contributed by atoms with van der Waals surface area (Å²) in [6, 6.07) is 8.56.